The van der Waals surface area contributed by atoms with Crippen LogP contribution in [0.3, 0.4) is 0 Å². The standard InChI is InChI=1S/C10H14N2O3/c1-14-8-4-3-6-11-10(8)12-7-5-9(13)15-2/h3-4,6H,5,7H2,1-2H3,(H,11,12). The van der Waals surface area contributed by atoms with Crippen LogP contribution in [0, 0.1) is 0 Å². The number of ether oxygens (including phenoxy) is 2. The second kappa shape index (κ2) is 5.85. The second-order valence-electron chi connectivity index (χ2n) is 2.81. The fraction of sp³-hybridized carbons (Fsp3) is 0.400. The Morgan fingerprint density at radius 3 is 3.00 bits per heavy atom. The summed E-state index contributed by atoms with van der Waals surface area (Å²) in [5.41, 5.74) is 0. The van der Waals surface area contributed by atoms with E-state index in [0.29, 0.717) is 24.5 Å². The Labute approximate surface area is 88.4 Å². The van der Waals surface area contributed by atoms with E-state index in [4.69, 9.17) is 4.74 Å². The van der Waals surface area contributed by atoms with Crippen molar-refractivity contribution in [2.24, 2.45) is 0 Å². The van der Waals surface area contributed by atoms with Crippen molar-refractivity contribution in [3.63, 3.8) is 0 Å². The van der Waals surface area contributed by atoms with Crippen LogP contribution in [-0.2, 0) is 9.53 Å². The highest BCUT2D eigenvalue weighted by atomic mass is 16.5. The highest BCUT2D eigenvalue weighted by Crippen LogP contribution is 2.19. The van der Waals surface area contributed by atoms with Crippen LogP contribution >= 0.6 is 0 Å². The predicted octanol–water partition coefficient (Wildman–Crippen LogP) is 1.07. The number of carbonyl (C=O) groups excluding carboxylic acids is 1. The van der Waals surface area contributed by atoms with E-state index in [2.05, 4.69) is 15.0 Å². The molecule has 0 atom stereocenters. The molecule has 0 aliphatic rings. The first-order valence-corrected chi connectivity index (χ1v) is 4.57. The summed E-state index contributed by atoms with van der Waals surface area (Å²) in [6.45, 7) is 0.472. The molecule has 0 aromatic carbocycles. The third-order valence-corrected chi connectivity index (χ3v) is 1.84. The lowest BCUT2D eigenvalue weighted by Crippen LogP contribution is -2.11. The van der Waals surface area contributed by atoms with Crippen molar-refractivity contribution >= 4 is 11.8 Å². The maximum atomic E-state index is 10.8. The van der Waals surface area contributed by atoms with Crippen LogP contribution in [0.5, 0.6) is 5.75 Å². The van der Waals surface area contributed by atoms with Gasteiger partial charge in [0.2, 0.25) is 0 Å². The molecule has 0 aliphatic carbocycles. The van der Waals surface area contributed by atoms with E-state index in [9.17, 15) is 4.79 Å². The van der Waals surface area contributed by atoms with Gasteiger partial charge in [-0.15, -0.1) is 0 Å². The number of hydrogen-bond acceptors (Lipinski definition) is 5. The molecule has 1 rings (SSSR count). The molecule has 0 saturated carbocycles. The SMILES string of the molecule is COC(=O)CCNc1ncccc1OC. The minimum Gasteiger partial charge on any atom is -0.493 e. The lowest BCUT2D eigenvalue weighted by molar-refractivity contribution is -0.140. The molecule has 0 spiro atoms. The molecule has 0 amide bonds. The number of methoxy groups -OCH3 is 2. The van der Waals surface area contributed by atoms with E-state index in [1.807, 2.05) is 0 Å². The van der Waals surface area contributed by atoms with Crippen LogP contribution in [0.2, 0.25) is 0 Å². The molecule has 0 radical (unpaired) electrons. The molecule has 0 aliphatic heterocycles. The van der Waals surface area contributed by atoms with E-state index < -0.39 is 0 Å². The van der Waals surface area contributed by atoms with Crippen molar-refractivity contribution in [1.29, 1.82) is 0 Å². The third-order valence-electron chi connectivity index (χ3n) is 1.84. The largest absolute Gasteiger partial charge is 0.493 e. The number of rotatable bonds is 5. The van der Waals surface area contributed by atoms with Gasteiger partial charge in [0, 0.05) is 12.7 Å². The van der Waals surface area contributed by atoms with Crippen molar-refractivity contribution in [2.45, 2.75) is 6.42 Å². The highest BCUT2D eigenvalue weighted by molar-refractivity contribution is 5.69. The lowest BCUT2D eigenvalue weighted by Gasteiger charge is -2.08. The van der Waals surface area contributed by atoms with Gasteiger partial charge in [-0.2, -0.15) is 0 Å². The molecular formula is C10H14N2O3. The monoisotopic (exact) mass is 210 g/mol. The number of aromatic nitrogens is 1. The Kier molecular flexibility index (Phi) is 4.40. The molecular weight excluding hydrogens is 196 g/mol. The highest BCUT2D eigenvalue weighted by Gasteiger charge is 2.03. The van der Waals surface area contributed by atoms with E-state index >= 15 is 0 Å². The number of esters is 1. The summed E-state index contributed by atoms with van der Waals surface area (Å²) in [5, 5.41) is 2.99. The van der Waals surface area contributed by atoms with E-state index in [1.54, 1.807) is 25.4 Å². The molecule has 0 fully saturated rings. The van der Waals surface area contributed by atoms with Gasteiger partial charge in [0.15, 0.2) is 11.6 Å². The van der Waals surface area contributed by atoms with Crippen LogP contribution in [-0.4, -0.2) is 31.7 Å². The summed E-state index contributed by atoms with van der Waals surface area (Å²) in [6.07, 6.45) is 1.96. The number of hydrogen-bond donors (Lipinski definition) is 1. The van der Waals surface area contributed by atoms with Gasteiger partial charge in [-0.05, 0) is 12.1 Å². The van der Waals surface area contributed by atoms with Gasteiger partial charge in [0.05, 0.1) is 20.6 Å². The van der Waals surface area contributed by atoms with Crippen molar-refractivity contribution in [3.8, 4) is 5.75 Å². The maximum absolute atomic E-state index is 10.8. The van der Waals surface area contributed by atoms with Crippen molar-refractivity contribution in [1.82, 2.24) is 4.98 Å². The summed E-state index contributed by atoms with van der Waals surface area (Å²) >= 11 is 0. The minimum atomic E-state index is -0.252. The first-order chi connectivity index (χ1) is 7.27. The maximum Gasteiger partial charge on any atom is 0.307 e. The first-order valence-electron chi connectivity index (χ1n) is 4.57. The number of anilines is 1. The van der Waals surface area contributed by atoms with Crippen molar-refractivity contribution in [2.75, 3.05) is 26.1 Å². The van der Waals surface area contributed by atoms with Gasteiger partial charge in [0.25, 0.3) is 0 Å². The van der Waals surface area contributed by atoms with Crippen LogP contribution in [0.15, 0.2) is 18.3 Å². The van der Waals surface area contributed by atoms with Gasteiger partial charge < -0.3 is 14.8 Å². The smallest absolute Gasteiger partial charge is 0.307 e. The molecule has 0 bridgehead atoms. The Balaban J connectivity index is 2.46. The van der Waals surface area contributed by atoms with E-state index in [-0.39, 0.29) is 5.97 Å². The average Bonchev–Trinajstić information content (AvgIpc) is 2.29. The van der Waals surface area contributed by atoms with Gasteiger partial charge >= 0.3 is 5.97 Å². The van der Waals surface area contributed by atoms with Crippen molar-refractivity contribution in [3.05, 3.63) is 18.3 Å². The topological polar surface area (TPSA) is 60.5 Å². The Bertz CT molecular complexity index is 328. The minimum absolute atomic E-state index is 0.252. The fourth-order valence-corrected chi connectivity index (χ4v) is 1.07. The van der Waals surface area contributed by atoms with Crippen LogP contribution in [0.25, 0.3) is 0 Å². The summed E-state index contributed by atoms with van der Waals surface area (Å²) < 4.78 is 9.60. The molecule has 1 aromatic heterocycles. The summed E-state index contributed by atoms with van der Waals surface area (Å²) in [7, 11) is 2.94. The summed E-state index contributed by atoms with van der Waals surface area (Å²) in [4.78, 5) is 14.9. The Hall–Kier alpha value is -1.78. The summed E-state index contributed by atoms with van der Waals surface area (Å²) in [5.74, 6) is 1.03. The molecule has 1 N–H and O–H groups in total. The van der Waals surface area contributed by atoms with Crippen molar-refractivity contribution < 1.29 is 14.3 Å². The van der Waals surface area contributed by atoms with Gasteiger partial charge in [-0.3, -0.25) is 4.79 Å². The molecule has 82 valence electrons. The molecule has 0 unspecified atom stereocenters. The molecule has 0 saturated heterocycles. The van der Waals surface area contributed by atoms with Crippen LogP contribution < -0.4 is 10.1 Å². The zero-order chi connectivity index (χ0) is 11.1. The van der Waals surface area contributed by atoms with E-state index in [0.717, 1.165) is 0 Å². The lowest BCUT2D eigenvalue weighted by atomic mass is 10.4. The number of carbonyl (C=O) groups is 1. The third kappa shape index (κ3) is 3.46. The van der Waals surface area contributed by atoms with Crippen LogP contribution in [0.1, 0.15) is 6.42 Å². The van der Waals surface area contributed by atoms with Gasteiger partial charge in [-0.25, -0.2) is 4.98 Å². The first kappa shape index (κ1) is 11.3. The predicted molar refractivity (Wildman–Crippen MR) is 55.9 cm³/mol. The van der Waals surface area contributed by atoms with Gasteiger partial charge in [-0.1, -0.05) is 0 Å². The average molecular weight is 210 g/mol. The Morgan fingerprint density at radius 2 is 2.33 bits per heavy atom. The fourth-order valence-electron chi connectivity index (χ4n) is 1.07. The molecule has 1 aromatic rings. The number of nitrogens with zero attached hydrogens (tertiary/aromatic N) is 1. The number of pyridine rings is 1. The normalized spacial score (nSPS) is 9.47. The second-order valence-corrected chi connectivity index (χ2v) is 2.81. The molecule has 5 nitrogen and oxygen atoms in total. The molecule has 15 heavy (non-hydrogen) atoms. The molecule has 5 heteroatoms. The summed E-state index contributed by atoms with van der Waals surface area (Å²) in [6, 6.07) is 3.58. The Morgan fingerprint density at radius 1 is 1.53 bits per heavy atom. The van der Waals surface area contributed by atoms with Crippen LogP contribution in [0.4, 0.5) is 5.82 Å². The molecule has 1 heterocycles. The number of nitrogens with one attached hydrogen (secondary N) is 1. The quantitative estimate of drug-likeness (QED) is 0.736. The zero-order valence-electron chi connectivity index (χ0n) is 8.82. The van der Waals surface area contributed by atoms with E-state index in [1.165, 1.54) is 7.11 Å². The van der Waals surface area contributed by atoms with Gasteiger partial charge in [0.1, 0.15) is 0 Å². The zero-order valence-corrected chi connectivity index (χ0v) is 8.82.